The SMILES string of the molecule is CC(C)(CCN)n1c(=O)[nH]c2cc(O)ccc21. The Balaban J connectivity index is 2.69. The quantitative estimate of drug-likeness (QED) is 0.745. The van der Waals surface area contributed by atoms with Crippen LogP contribution in [0.1, 0.15) is 20.3 Å². The van der Waals surface area contributed by atoms with E-state index in [4.69, 9.17) is 5.73 Å². The maximum Gasteiger partial charge on any atom is 0.326 e. The fraction of sp³-hybridized carbons (Fsp3) is 0.417. The molecule has 5 nitrogen and oxygen atoms in total. The van der Waals surface area contributed by atoms with Gasteiger partial charge >= 0.3 is 5.69 Å². The molecule has 0 atom stereocenters. The van der Waals surface area contributed by atoms with E-state index in [-0.39, 0.29) is 17.0 Å². The normalized spacial score (nSPS) is 12.2. The third-order valence-corrected chi connectivity index (χ3v) is 3.03. The van der Waals surface area contributed by atoms with Crippen LogP contribution in [0.4, 0.5) is 0 Å². The summed E-state index contributed by atoms with van der Waals surface area (Å²) in [6.07, 6.45) is 0.709. The molecule has 4 N–H and O–H groups in total. The van der Waals surface area contributed by atoms with Crippen molar-refractivity contribution in [3.05, 3.63) is 28.7 Å². The van der Waals surface area contributed by atoms with Crippen LogP contribution >= 0.6 is 0 Å². The fourth-order valence-electron chi connectivity index (χ4n) is 2.17. The molecule has 0 aliphatic heterocycles. The number of nitrogens with zero attached hydrogens (tertiary/aromatic N) is 1. The molecule has 0 fully saturated rings. The van der Waals surface area contributed by atoms with Crippen LogP contribution in [0, 0.1) is 0 Å². The summed E-state index contributed by atoms with van der Waals surface area (Å²) < 4.78 is 1.69. The molecule has 5 heteroatoms. The number of H-pyrrole nitrogens is 1. The van der Waals surface area contributed by atoms with Crippen LogP contribution < -0.4 is 11.4 Å². The number of fused-ring (bicyclic) bond motifs is 1. The van der Waals surface area contributed by atoms with Crippen molar-refractivity contribution in [2.75, 3.05) is 6.54 Å². The average molecular weight is 235 g/mol. The van der Waals surface area contributed by atoms with Crippen LogP contribution in [0.15, 0.2) is 23.0 Å². The Morgan fingerprint density at radius 3 is 2.82 bits per heavy atom. The van der Waals surface area contributed by atoms with Crippen molar-refractivity contribution < 1.29 is 5.11 Å². The molecule has 0 amide bonds. The van der Waals surface area contributed by atoms with Crippen LogP contribution in [0.5, 0.6) is 5.75 Å². The number of benzene rings is 1. The Hall–Kier alpha value is -1.75. The number of aromatic hydroxyl groups is 1. The molecule has 0 spiro atoms. The summed E-state index contributed by atoms with van der Waals surface area (Å²) in [6.45, 7) is 4.47. The van der Waals surface area contributed by atoms with Crippen LogP contribution in [0.3, 0.4) is 0 Å². The lowest BCUT2D eigenvalue weighted by Gasteiger charge is -2.25. The molecule has 1 aromatic heterocycles. The van der Waals surface area contributed by atoms with E-state index in [1.165, 1.54) is 0 Å². The Bertz CT molecular complexity index is 595. The highest BCUT2D eigenvalue weighted by Crippen LogP contribution is 2.24. The topological polar surface area (TPSA) is 84.0 Å². The van der Waals surface area contributed by atoms with Gasteiger partial charge in [0, 0.05) is 11.6 Å². The molecule has 1 heterocycles. The Kier molecular flexibility index (Phi) is 2.71. The number of aromatic nitrogens is 2. The smallest absolute Gasteiger partial charge is 0.326 e. The van der Waals surface area contributed by atoms with E-state index in [1.54, 1.807) is 22.8 Å². The largest absolute Gasteiger partial charge is 0.508 e. The van der Waals surface area contributed by atoms with E-state index in [0.29, 0.717) is 18.5 Å². The fourth-order valence-corrected chi connectivity index (χ4v) is 2.17. The van der Waals surface area contributed by atoms with Gasteiger partial charge in [-0.05, 0) is 38.9 Å². The first-order chi connectivity index (χ1) is 7.95. The number of rotatable bonds is 3. The number of imidazole rings is 1. The first-order valence-electron chi connectivity index (χ1n) is 5.60. The van der Waals surface area contributed by atoms with Crippen molar-refractivity contribution >= 4 is 11.0 Å². The number of hydrogen-bond donors (Lipinski definition) is 3. The third-order valence-electron chi connectivity index (χ3n) is 3.03. The first kappa shape index (κ1) is 11.7. The van der Waals surface area contributed by atoms with Gasteiger partial charge in [-0.15, -0.1) is 0 Å². The van der Waals surface area contributed by atoms with Gasteiger partial charge in [0.25, 0.3) is 0 Å². The average Bonchev–Trinajstić information content (AvgIpc) is 2.53. The Labute approximate surface area is 98.9 Å². The molecular weight excluding hydrogens is 218 g/mol. The second kappa shape index (κ2) is 3.92. The predicted octanol–water partition coefficient (Wildman–Crippen LogP) is 1.12. The van der Waals surface area contributed by atoms with Crippen molar-refractivity contribution in [2.45, 2.75) is 25.8 Å². The predicted molar refractivity (Wildman–Crippen MR) is 67.2 cm³/mol. The third kappa shape index (κ3) is 1.93. The lowest BCUT2D eigenvalue weighted by molar-refractivity contribution is 0.334. The zero-order valence-electron chi connectivity index (χ0n) is 10.0. The summed E-state index contributed by atoms with van der Waals surface area (Å²) in [5.74, 6) is 0.141. The molecule has 0 radical (unpaired) electrons. The number of nitrogens with two attached hydrogens (primary N) is 1. The molecule has 0 saturated carbocycles. The van der Waals surface area contributed by atoms with E-state index < -0.39 is 0 Å². The second-order valence-electron chi connectivity index (χ2n) is 4.82. The molecule has 0 aliphatic rings. The molecule has 17 heavy (non-hydrogen) atoms. The molecular formula is C12H17N3O2. The molecule has 0 saturated heterocycles. The zero-order valence-corrected chi connectivity index (χ0v) is 10.0. The highest BCUT2D eigenvalue weighted by molar-refractivity contribution is 5.77. The van der Waals surface area contributed by atoms with Crippen molar-refractivity contribution in [1.82, 2.24) is 9.55 Å². The molecule has 92 valence electrons. The van der Waals surface area contributed by atoms with Gasteiger partial charge in [-0.3, -0.25) is 4.57 Å². The van der Waals surface area contributed by atoms with Crippen molar-refractivity contribution in [2.24, 2.45) is 5.73 Å². The lowest BCUT2D eigenvalue weighted by Crippen LogP contribution is -2.36. The molecule has 0 aliphatic carbocycles. The standard InChI is InChI=1S/C12H17N3O2/c1-12(2,5-6-13)15-10-4-3-8(16)7-9(10)14-11(15)17/h3-4,7,16H,5-6,13H2,1-2H3,(H,14,17). The van der Waals surface area contributed by atoms with E-state index in [9.17, 15) is 9.90 Å². The van der Waals surface area contributed by atoms with Gasteiger partial charge in [0.15, 0.2) is 0 Å². The maximum absolute atomic E-state index is 12.0. The molecule has 0 bridgehead atoms. The number of nitrogens with one attached hydrogen (secondary N) is 1. The summed E-state index contributed by atoms with van der Waals surface area (Å²) in [5, 5.41) is 9.39. The van der Waals surface area contributed by atoms with E-state index in [2.05, 4.69) is 4.98 Å². The lowest BCUT2D eigenvalue weighted by atomic mass is 10.0. The second-order valence-corrected chi connectivity index (χ2v) is 4.82. The highest BCUT2D eigenvalue weighted by atomic mass is 16.3. The summed E-state index contributed by atoms with van der Waals surface area (Å²) in [5.41, 5.74) is 6.47. The summed E-state index contributed by atoms with van der Waals surface area (Å²) in [4.78, 5) is 14.7. The van der Waals surface area contributed by atoms with Gasteiger partial charge in [0.2, 0.25) is 0 Å². The summed E-state index contributed by atoms with van der Waals surface area (Å²) >= 11 is 0. The van der Waals surface area contributed by atoms with Gasteiger partial charge in [-0.25, -0.2) is 4.79 Å². The molecule has 1 aromatic carbocycles. The van der Waals surface area contributed by atoms with Crippen molar-refractivity contribution in [3.8, 4) is 5.75 Å². The van der Waals surface area contributed by atoms with Gasteiger partial charge in [0.05, 0.1) is 11.0 Å². The minimum atomic E-state index is -0.346. The van der Waals surface area contributed by atoms with Crippen LogP contribution in [-0.4, -0.2) is 21.2 Å². The highest BCUT2D eigenvalue weighted by Gasteiger charge is 2.23. The van der Waals surface area contributed by atoms with Gasteiger partial charge < -0.3 is 15.8 Å². The van der Waals surface area contributed by atoms with Crippen LogP contribution in [-0.2, 0) is 5.54 Å². The molecule has 2 rings (SSSR count). The van der Waals surface area contributed by atoms with E-state index in [1.807, 2.05) is 13.8 Å². The number of hydrogen-bond acceptors (Lipinski definition) is 3. The number of phenolic OH excluding ortho intramolecular Hbond substituents is 1. The zero-order chi connectivity index (χ0) is 12.6. The minimum Gasteiger partial charge on any atom is -0.508 e. The minimum absolute atomic E-state index is 0.141. The monoisotopic (exact) mass is 235 g/mol. The first-order valence-corrected chi connectivity index (χ1v) is 5.60. The van der Waals surface area contributed by atoms with Crippen molar-refractivity contribution in [1.29, 1.82) is 0 Å². The van der Waals surface area contributed by atoms with Gasteiger partial charge in [0.1, 0.15) is 5.75 Å². The van der Waals surface area contributed by atoms with Gasteiger partial charge in [-0.1, -0.05) is 0 Å². The van der Waals surface area contributed by atoms with E-state index >= 15 is 0 Å². The Morgan fingerprint density at radius 2 is 2.18 bits per heavy atom. The van der Waals surface area contributed by atoms with Gasteiger partial charge in [-0.2, -0.15) is 0 Å². The summed E-state index contributed by atoms with van der Waals surface area (Å²) in [7, 11) is 0. The van der Waals surface area contributed by atoms with Crippen LogP contribution in [0.2, 0.25) is 0 Å². The Morgan fingerprint density at radius 1 is 1.47 bits per heavy atom. The molecule has 0 unspecified atom stereocenters. The molecule has 2 aromatic rings. The van der Waals surface area contributed by atoms with E-state index in [0.717, 1.165) is 5.52 Å². The van der Waals surface area contributed by atoms with Crippen LogP contribution in [0.25, 0.3) is 11.0 Å². The summed E-state index contributed by atoms with van der Waals surface area (Å²) in [6, 6.07) is 4.86. The maximum atomic E-state index is 12.0. The van der Waals surface area contributed by atoms with Crippen molar-refractivity contribution in [3.63, 3.8) is 0 Å². The number of phenols is 1. The number of aromatic amines is 1.